The maximum atomic E-state index is 6.09. The van der Waals surface area contributed by atoms with E-state index in [-0.39, 0.29) is 0 Å². The summed E-state index contributed by atoms with van der Waals surface area (Å²) in [6, 6.07) is 18.7. The molecule has 2 aromatic carbocycles. The first kappa shape index (κ1) is 18.9. The Balaban J connectivity index is 1.83. The van der Waals surface area contributed by atoms with Gasteiger partial charge in [0.2, 0.25) is 0 Å². The zero-order chi connectivity index (χ0) is 20.4. The second-order valence-electron chi connectivity index (χ2n) is 7.43. The molecule has 0 radical (unpaired) electrons. The molecule has 2 N–H and O–H groups in total. The number of rotatable bonds is 5. The zero-order valence-electron chi connectivity index (χ0n) is 16.9. The fourth-order valence-electron chi connectivity index (χ4n) is 3.42. The molecule has 0 aliphatic rings. The van der Waals surface area contributed by atoms with Gasteiger partial charge in [-0.15, -0.1) is 0 Å². The zero-order valence-corrected chi connectivity index (χ0v) is 16.9. The number of nitrogens with zero attached hydrogens (tertiary/aromatic N) is 3. The van der Waals surface area contributed by atoms with Gasteiger partial charge in [-0.1, -0.05) is 50.2 Å². The number of aromatic nitrogens is 3. The molecular weight excluding hydrogens is 360 g/mol. The summed E-state index contributed by atoms with van der Waals surface area (Å²) in [4.78, 5) is 13.3. The van der Waals surface area contributed by atoms with Crippen molar-refractivity contribution in [3.63, 3.8) is 0 Å². The summed E-state index contributed by atoms with van der Waals surface area (Å²) < 4.78 is 5.27. The minimum Gasteiger partial charge on any atom is -0.497 e. The van der Waals surface area contributed by atoms with Crippen LogP contribution >= 0.6 is 0 Å². The van der Waals surface area contributed by atoms with Gasteiger partial charge < -0.3 is 10.5 Å². The van der Waals surface area contributed by atoms with E-state index in [0.717, 1.165) is 34.4 Å². The third-order valence-corrected chi connectivity index (χ3v) is 5.14. The first-order valence-electron chi connectivity index (χ1n) is 9.68. The number of nitrogens with two attached hydrogens (primary N) is 1. The molecule has 4 rings (SSSR count). The molecule has 5 nitrogen and oxygen atoms in total. The number of nitrogen functional groups attached to an aromatic ring is 1. The van der Waals surface area contributed by atoms with Gasteiger partial charge >= 0.3 is 0 Å². The summed E-state index contributed by atoms with van der Waals surface area (Å²) >= 11 is 0. The molecule has 0 bridgehead atoms. The maximum Gasteiger partial charge on any atom is 0.165 e. The number of methoxy groups -OCH3 is 1. The lowest BCUT2D eigenvalue weighted by atomic mass is 9.96. The lowest BCUT2D eigenvalue weighted by Gasteiger charge is -2.13. The van der Waals surface area contributed by atoms with E-state index in [2.05, 4.69) is 66.3 Å². The predicted molar refractivity (Wildman–Crippen MR) is 117 cm³/mol. The van der Waals surface area contributed by atoms with Crippen molar-refractivity contribution in [2.45, 2.75) is 26.2 Å². The van der Waals surface area contributed by atoms with E-state index in [1.807, 2.05) is 12.1 Å². The molecule has 2 aromatic heterocycles. The van der Waals surface area contributed by atoms with E-state index in [0.29, 0.717) is 17.4 Å². The van der Waals surface area contributed by atoms with Crippen LogP contribution in [0.5, 0.6) is 5.75 Å². The average molecular weight is 384 g/mol. The third kappa shape index (κ3) is 3.90. The van der Waals surface area contributed by atoms with Gasteiger partial charge in [-0.25, -0.2) is 15.0 Å². The minimum atomic E-state index is 0.445. The summed E-state index contributed by atoms with van der Waals surface area (Å²) in [5.74, 6) is 1.77. The largest absolute Gasteiger partial charge is 0.497 e. The topological polar surface area (TPSA) is 73.9 Å². The molecule has 4 aromatic rings. The molecule has 0 atom stereocenters. The summed E-state index contributed by atoms with van der Waals surface area (Å²) in [6.07, 6.45) is 2.18. The van der Waals surface area contributed by atoms with Gasteiger partial charge in [-0.3, -0.25) is 0 Å². The normalized spacial score (nSPS) is 11.2. The second-order valence-corrected chi connectivity index (χ2v) is 7.43. The maximum absolute atomic E-state index is 6.09. The van der Waals surface area contributed by atoms with E-state index < -0.39 is 0 Å². The molecular formula is C24H24N4O. The van der Waals surface area contributed by atoms with Crippen molar-refractivity contribution < 1.29 is 4.74 Å². The van der Waals surface area contributed by atoms with Gasteiger partial charge in [0.25, 0.3) is 0 Å². The van der Waals surface area contributed by atoms with Crippen LogP contribution in [-0.4, -0.2) is 22.1 Å². The highest BCUT2D eigenvalue weighted by atomic mass is 16.5. The van der Waals surface area contributed by atoms with E-state index in [1.54, 1.807) is 7.11 Å². The lowest BCUT2D eigenvalue weighted by Crippen LogP contribution is -2.01. The smallest absolute Gasteiger partial charge is 0.165 e. The molecule has 0 fully saturated rings. The summed E-state index contributed by atoms with van der Waals surface area (Å²) in [5.41, 5.74) is 12.2. The average Bonchev–Trinajstić information content (AvgIpc) is 2.74. The van der Waals surface area contributed by atoms with Gasteiger partial charge in [0.15, 0.2) is 5.65 Å². The molecule has 0 saturated heterocycles. The van der Waals surface area contributed by atoms with Crippen LogP contribution in [0.4, 0.5) is 5.82 Å². The number of hydrogen-bond acceptors (Lipinski definition) is 5. The lowest BCUT2D eigenvalue weighted by molar-refractivity contribution is 0.414. The highest BCUT2D eigenvalue weighted by Gasteiger charge is 2.13. The predicted octanol–water partition coefficient (Wildman–Crippen LogP) is 5.00. The molecule has 5 heteroatoms. The molecule has 29 heavy (non-hydrogen) atoms. The van der Waals surface area contributed by atoms with Crippen molar-refractivity contribution in [2.24, 2.45) is 0 Å². The number of benzene rings is 2. The van der Waals surface area contributed by atoms with E-state index in [4.69, 9.17) is 15.5 Å². The summed E-state index contributed by atoms with van der Waals surface area (Å²) in [7, 11) is 1.67. The SMILES string of the molecule is COc1ccc(Cc2cc3c(N)ncnc3nc2-c2ccc(C(C)C)cc2)cc1. The number of ether oxygens (including phenoxy) is 1. The van der Waals surface area contributed by atoms with Crippen LogP contribution in [0.1, 0.15) is 36.5 Å². The van der Waals surface area contributed by atoms with Crippen LogP contribution in [-0.2, 0) is 6.42 Å². The van der Waals surface area contributed by atoms with Crippen molar-refractivity contribution in [1.82, 2.24) is 15.0 Å². The number of pyridine rings is 1. The first-order valence-corrected chi connectivity index (χ1v) is 9.68. The van der Waals surface area contributed by atoms with E-state index >= 15 is 0 Å². The van der Waals surface area contributed by atoms with Gasteiger partial charge in [0, 0.05) is 5.56 Å². The Morgan fingerprint density at radius 3 is 2.34 bits per heavy atom. The van der Waals surface area contributed by atoms with E-state index in [1.165, 1.54) is 17.5 Å². The quantitative estimate of drug-likeness (QED) is 0.524. The molecule has 0 spiro atoms. The van der Waals surface area contributed by atoms with Gasteiger partial charge in [0.05, 0.1) is 18.2 Å². The fourth-order valence-corrected chi connectivity index (χ4v) is 3.42. The Hall–Kier alpha value is -3.47. The highest BCUT2D eigenvalue weighted by molar-refractivity contribution is 5.88. The van der Waals surface area contributed by atoms with Crippen LogP contribution < -0.4 is 10.5 Å². The summed E-state index contributed by atoms with van der Waals surface area (Å²) in [5, 5.41) is 0.776. The third-order valence-electron chi connectivity index (χ3n) is 5.14. The Kier molecular flexibility index (Phi) is 5.12. The standard InChI is InChI=1S/C24H24N4O/c1-15(2)17-6-8-18(9-7-17)22-19(12-16-4-10-20(29-3)11-5-16)13-21-23(25)26-14-27-24(21)28-22/h4-11,13-15H,12H2,1-3H3,(H2,25,26,27,28). The van der Waals surface area contributed by atoms with Crippen molar-refractivity contribution in [3.8, 4) is 17.0 Å². The molecule has 0 aliphatic carbocycles. The van der Waals surface area contributed by atoms with Crippen LogP contribution in [0.15, 0.2) is 60.9 Å². The molecule has 146 valence electrons. The van der Waals surface area contributed by atoms with E-state index in [9.17, 15) is 0 Å². The van der Waals surface area contributed by atoms with Crippen molar-refractivity contribution >= 4 is 16.9 Å². The van der Waals surface area contributed by atoms with Gasteiger partial charge in [-0.05, 0) is 47.2 Å². The van der Waals surface area contributed by atoms with Crippen LogP contribution in [0.2, 0.25) is 0 Å². The number of anilines is 1. The monoisotopic (exact) mass is 384 g/mol. The Morgan fingerprint density at radius 2 is 1.69 bits per heavy atom. The van der Waals surface area contributed by atoms with Crippen LogP contribution in [0.3, 0.4) is 0 Å². The Bertz CT molecular complexity index is 1140. The van der Waals surface area contributed by atoms with Gasteiger partial charge in [-0.2, -0.15) is 0 Å². The Morgan fingerprint density at radius 1 is 0.966 bits per heavy atom. The summed E-state index contributed by atoms with van der Waals surface area (Å²) in [6.45, 7) is 4.39. The number of fused-ring (bicyclic) bond motifs is 1. The molecule has 0 saturated carbocycles. The van der Waals surface area contributed by atoms with Crippen LogP contribution in [0, 0.1) is 0 Å². The molecule has 0 unspecified atom stereocenters. The van der Waals surface area contributed by atoms with Crippen molar-refractivity contribution in [3.05, 3.63) is 77.6 Å². The molecule has 0 amide bonds. The van der Waals surface area contributed by atoms with Crippen molar-refractivity contribution in [1.29, 1.82) is 0 Å². The molecule has 2 heterocycles. The first-order chi connectivity index (χ1) is 14.0. The number of hydrogen-bond donors (Lipinski definition) is 1. The molecule has 0 aliphatic heterocycles. The fraction of sp³-hybridized carbons (Fsp3) is 0.208. The van der Waals surface area contributed by atoms with Crippen LogP contribution in [0.25, 0.3) is 22.3 Å². The minimum absolute atomic E-state index is 0.445. The van der Waals surface area contributed by atoms with Gasteiger partial charge in [0.1, 0.15) is 17.9 Å². The second kappa shape index (κ2) is 7.87. The van der Waals surface area contributed by atoms with Crippen molar-refractivity contribution in [2.75, 3.05) is 12.8 Å². The Labute approximate surface area is 170 Å². The highest BCUT2D eigenvalue weighted by Crippen LogP contribution is 2.30.